The van der Waals surface area contributed by atoms with Crippen molar-refractivity contribution in [3.05, 3.63) is 48.5 Å². The molecule has 0 aliphatic carbocycles. The Morgan fingerprint density at radius 3 is 2.88 bits per heavy atom. The number of hydrogen-bond donors (Lipinski definition) is 0. The summed E-state index contributed by atoms with van der Waals surface area (Å²) in [7, 11) is 0. The second kappa shape index (κ2) is 7.50. The molecule has 2 aliphatic rings. The van der Waals surface area contributed by atoms with Gasteiger partial charge >= 0.3 is 0 Å². The molecule has 1 spiro atoms. The van der Waals surface area contributed by atoms with Crippen LogP contribution in [-0.2, 0) is 22.6 Å². The standard InChI is InChI=1S/C20H25N3O3/c24-19(6-3-10-22-11-9-21-16-22)23-14-17-4-1-2-5-18(17)26-20(15-23)7-12-25-13-8-20/h1-2,4-5,9,11,16H,3,6-8,10,12-15H2. The quantitative estimate of drug-likeness (QED) is 0.846. The molecule has 26 heavy (non-hydrogen) atoms. The van der Waals surface area contributed by atoms with Gasteiger partial charge in [-0.05, 0) is 12.5 Å². The van der Waals surface area contributed by atoms with E-state index in [0.717, 1.165) is 37.1 Å². The van der Waals surface area contributed by atoms with Gasteiger partial charge in [-0.3, -0.25) is 4.79 Å². The second-order valence-electron chi connectivity index (χ2n) is 7.16. The molecule has 1 aromatic carbocycles. The molecule has 0 bridgehead atoms. The van der Waals surface area contributed by atoms with E-state index in [-0.39, 0.29) is 11.5 Å². The first-order valence-corrected chi connectivity index (χ1v) is 9.32. The van der Waals surface area contributed by atoms with Gasteiger partial charge in [0.1, 0.15) is 11.4 Å². The van der Waals surface area contributed by atoms with E-state index >= 15 is 0 Å². The van der Waals surface area contributed by atoms with Crippen molar-refractivity contribution in [2.24, 2.45) is 0 Å². The minimum Gasteiger partial charge on any atom is -0.485 e. The molecule has 0 atom stereocenters. The Bertz CT molecular complexity index is 739. The topological polar surface area (TPSA) is 56.6 Å². The zero-order valence-electron chi connectivity index (χ0n) is 15.0. The van der Waals surface area contributed by atoms with Gasteiger partial charge in [-0.15, -0.1) is 0 Å². The van der Waals surface area contributed by atoms with Gasteiger partial charge in [0.05, 0.1) is 26.1 Å². The monoisotopic (exact) mass is 355 g/mol. The Kier molecular flexibility index (Phi) is 4.93. The summed E-state index contributed by atoms with van der Waals surface area (Å²) < 4.78 is 14.0. The number of hydrogen-bond acceptors (Lipinski definition) is 4. The number of aryl methyl sites for hydroxylation is 1. The zero-order chi connectivity index (χ0) is 17.8. The van der Waals surface area contributed by atoms with Crippen molar-refractivity contribution in [2.45, 2.75) is 44.4 Å². The number of rotatable bonds is 4. The van der Waals surface area contributed by atoms with E-state index in [9.17, 15) is 4.79 Å². The Labute approximate surface area is 153 Å². The Balaban J connectivity index is 1.48. The van der Waals surface area contributed by atoms with Crippen molar-refractivity contribution < 1.29 is 14.3 Å². The predicted molar refractivity (Wildman–Crippen MR) is 96.7 cm³/mol. The lowest BCUT2D eigenvalue weighted by atomic mass is 9.93. The number of para-hydroxylation sites is 1. The van der Waals surface area contributed by atoms with Crippen LogP contribution in [0.25, 0.3) is 0 Å². The second-order valence-corrected chi connectivity index (χ2v) is 7.16. The number of ether oxygens (including phenoxy) is 2. The number of amides is 1. The number of aromatic nitrogens is 2. The highest BCUT2D eigenvalue weighted by Gasteiger charge is 2.40. The third kappa shape index (κ3) is 3.75. The van der Waals surface area contributed by atoms with Crippen LogP contribution in [0.5, 0.6) is 5.75 Å². The maximum absolute atomic E-state index is 12.9. The first-order valence-electron chi connectivity index (χ1n) is 9.32. The maximum atomic E-state index is 12.9. The first kappa shape index (κ1) is 17.1. The summed E-state index contributed by atoms with van der Waals surface area (Å²) >= 11 is 0. The fourth-order valence-corrected chi connectivity index (χ4v) is 3.78. The molecule has 2 aliphatic heterocycles. The summed E-state index contributed by atoms with van der Waals surface area (Å²) in [5, 5.41) is 0. The molecule has 0 radical (unpaired) electrons. The van der Waals surface area contributed by atoms with Gasteiger partial charge in [0.25, 0.3) is 0 Å². The minimum atomic E-state index is -0.329. The third-order valence-corrected chi connectivity index (χ3v) is 5.26. The lowest BCUT2D eigenvalue weighted by molar-refractivity contribution is -0.136. The van der Waals surface area contributed by atoms with Gasteiger partial charge in [0.15, 0.2) is 0 Å². The van der Waals surface area contributed by atoms with Crippen molar-refractivity contribution in [3.63, 3.8) is 0 Å². The Morgan fingerprint density at radius 1 is 1.23 bits per heavy atom. The SMILES string of the molecule is O=C(CCCn1ccnc1)N1Cc2ccccc2OC2(CCOCC2)C1. The lowest BCUT2D eigenvalue weighted by Crippen LogP contribution is -2.50. The summed E-state index contributed by atoms with van der Waals surface area (Å²) in [6.07, 6.45) is 8.46. The molecule has 3 heterocycles. The van der Waals surface area contributed by atoms with Crippen molar-refractivity contribution in [1.29, 1.82) is 0 Å². The summed E-state index contributed by atoms with van der Waals surface area (Å²) in [4.78, 5) is 19.0. The molecular formula is C20H25N3O3. The predicted octanol–water partition coefficient (Wildman–Crippen LogP) is 2.63. The van der Waals surface area contributed by atoms with Crippen LogP contribution >= 0.6 is 0 Å². The molecule has 0 unspecified atom stereocenters. The van der Waals surface area contributed by atoms with Crippen LogP contribution in [0.4, 0.5) is 0 Å². The van der Waals surface area contributed by atoms with E-state index in [1.807, 2.05) is 33.9 Å². The van der Waals surface area contributed by atoms with Crippen LogP contribution in [0, 0.1) is 0 Å². The summed E-state index contributed by atoms with van der Waals surface area (Å²) in [6, 6.07) is 8.07. The van der Waals surface area contributed by atoms with Gasteiger partial charge in [-0.2, -0.15) is 0 Å². The van der Waals surface area contributed by atoms with Gasteiger partial charge in [-0.25, -0.2) is 4.98 Å². The first-order chi connectivity index (χ1) is 12.7. The Hall–Kier alpha value is -2.34. The highest BCUT2D eigenvalue weighted by atomic mass is 16.5. The number of benzene rings is 1. The van der Waals surface area contributed by atoms with E-state index in [0.29, 0.717) is 32.7 Å². The average Bonchev–Trinajstić information content (AvgIpc) is 3.11. The highest BCUT2D eigenvalue weighted by Crippen LogP contribution is 2.35. The van der Waals surface area contributed by atoms with E-state index in [2.05, 4.69) is 11.1 Å². The summed E-state index contributed by atoms with van der Waals surface area (Å²) in [5.74, 6) is 1.10. The van der Waals surface area contributed by atoms with Gasteiger partial charge in [-0.1, -0.05) is 18.2 Å². The van der Waals surface area contributed by atoms with E-state index in [1.165, 1.54) is 0 Å². The molecule has 4 rings (SSSR count). The number of carbonyl (C=O) groups excluding carboxylic acids is 1. The molecule has 138 valence electrons. The molecular weight excluding hydrogens is 330 g/mol. The number of imidazole rings is 1. The summed E-state index contributed by atoms with van der Waals surface area (Å²) in [5.41, 5.74) is 0.754. The molecule has 6 nitrogen and oxygen atoms in total. The molecule has 0 N–H and O–H groups in total. The molecule has 6 heteroatoms. The average molecular weight is 355 g/mol. The molecule has 2 aromatic rings. The molecule has 1 amide bonds. The van der Waals surface area contributed by atoms with Crippen LogP contribution in [0.15, 0.2) is 43.0 Å². The largest absolute Gasteiger partial charge is 0.485 e. The van der Waals surface area contributed by atoms with E-state index in [1.54, 1.807) is 12.5 Å². The van der Waals surface area contributed by atoms with Crippen LogP contribution in [0.2, 0.25) is 0 Å². The fourth-order valence-electron chi connectivity index (χ4n) is 3.78. The molecule has 1 saturated heterocycles. The zero-order valence-corrected chi connectivity index (χ0v) is 15.0. The molecule has 1 aromatic heterocycles. The Morgan fingerprint density at radius 2 is 2.08 bits per heavy atom. The smallest absolute Gasteiger partial charge is 0.223 e. The van der Waals surface area contributed by atoms with Crippen LogP contribution in [0.3, 0.4) is 0 Å². The number of fused-ring (bicyclic) bond motifs is 1. The number of nitrogens with zero attached hydrogens (tertiary/aromatic N) is 3. The van der Waals surface area contributed by atoms with Gasteiger partial charge in [0, 0.05) is 50.3 Å². The maximum Gasteiger partial charge on any atom is 0.223 e. The van der Waals surface area contributed by atoms with Crippen LogP contribution in [-0.4, -0.2) is 45.7 Å². The van der Waals surface area contributed by atoms with Gasteiger partial charge in [0.2, 0.25) is 5.91 Å². The molecule has 0 saturated carbocycles. The van der Waals surface area contributed by atoms with E-state index in [4.69, 9.17) is 9.47 Å². The highest BCUT2D eigenvalue weighted by molar-refractivity contribution is 5.76. The van der Waals surface area contributed by atoms with Crippen molar-refractivity contribution in [1.82, 2.24) is 14.5 Å². The third-order valence-electron chi connectivity index (χ3n) is 5.26. The van der Waals surface area contributed by atoms with Crippen molar-refractivity contribution in [2.75, 3.05) is 19.8 Å². The normalized spacial score (nSPS) is 18.8. The van der Waals surface area contributed by atoms with Crippen molar-refractivity contribution in [3.8, 4) is 5.75 Å². The fraction of sp³-hybridized carbons (Fsp3) is 0.500. The number of carbonyl (C=O) groups is 1. The lowest BCUT2D eigenvalue weighted by Gasteiger charge is -2.39. The molecule has 1 fully saturated rings. The summed E-state index contributed by atoms with van der Waals surface area (Å²) in [6.45, 7) is 3.43. The van der Waals surface area contributed by atoms with Gasteiger partial charge < -0.3 is 18.9 Å². The van der Waals surface area contributed by atoms with Crippen LogP contribution < -0.4 is 4.74 Å². The van der Waals surface area contributed by atoms with Crippen molar-refractivity contribution >= 4 is 5.91 Å². The minimum absolute atomic E-state index is 0.191. The van der Waals surface area contributed by atoms with E-state index < -0.39 is 0 Å². The van der Waals surface area contributed by atoms with Crippen LogP contribution in [0.1, 0.15) is 31.2 Å².